The summed E-state index contributed by atoms with van der Waals surface area (Å²) in [5.41, 5.74) is 1.87. The Bertz CT molecular complexity index is 1780. The number of nitrogens with one attached hydrogen (secondary N) is 1. The Labute approximate surface area is 406 Å². The normalized spacial score (nSPS) is 21.1. The van der Waals surface area contributed by atoms with Crippen LogP contribution in [0.3, 0.4) is 0 Å². The van der Waals surface area contributed by atoms with Gasteiger partial charge in [0, 0.05) is 57.0 Å². The molecular weight excluding hydrogens is 905 g/mol. The van der Waals surface area contributed by atoms with Crippen LogP contribution in [0.5, 0.6) is 0 Å². The van der Waals surface area contributed by atoms with Crippen molar-refractivity contribution in [1.29, 1.82) is 0 Å². The lowest BCUT2D eigenvalue weighted by atomic mass is 9.83. The predicted molar refractivity (Wildman–Crippen MR) is 259 cm³/mol. The number of carbonyl (C=O) groups excluding carboxylic acids is 3. The van der Waals surface area contributed by atoms with Gasteiger partial charge in [-0.05, 0) is 77.5 Å². The number of hydrogen-bond donors (Lipinski definition) is 1. The molecule has 0 saturated heterocycles. The Morgan fingerprint density at radius 3 is 1.69 bits per heavy atom. The van der Waals surface area contributed by atoms with Crippen molar-refractivity contribution in [2.24, 2.45) is 11.8 Å². The quantitative estimate of drug-likeness (QED) is 0.0416. The largest absolute Gasteiger partial charge is 0.463 e. The summed E-state index contributed by atoms with van der Waals surface area (Å²) in [6, 6.07) is 5.53. The molecule has 0 saturated carbocycles. The first-order chi connectivity index (χ1) is 32.2. The number of amides is 1. The van der Waals surface area contributed by atoms with Crippen LogP contribution < -0.4 is 5.32 Å². The number of aryl methyl sites for hydroxylation is 1. The number of esters is 2. The SMILES string of the molecule is CCC(CC)O[C@H](OC)[C@@H](C[N+](=O)[O-])NC(C)=O.CCOC(=O)C1=C(Sc2ccc(C)cc2)[C@@H](OC(CC)CC)[C@H](C)C([N+](=O)[O-])C1.CCOC(=O)C1=C[C@@H](OC(CC)CC)[C@H](C)C([N+](=O)[O-])C1. The monoisotopic (exact) mass is 983 g/mol. The van der Waals surface area contributed by atoms with Crippen LogP contribution in [0.1, 0.15) is 133 Å². The third-order valence-electron chi connectivity index (χ3n) is 11.9. The van der Waals surface area contributed by atoms with Gasteiger partial charge in [-0.15, -0.1) is 0 Å². The summed E-state index contributed by atoms with van der Waals surface area (Å²) < 4.78 is 33.3. The molecule has 1 aromatic rings. The van der Waals surface area contributed by atoms with Crippen LogP contribution in [-0.2, 0) is 42.8 Å². The van der Waals surface area contributed by atoms with Gasteiger partial charge in [0.1, 0.15) is 6.04 Å². The highest BCUT2D eigenvalue weighted by atomic mass is 32.2. The number of rotatable bonds is 25. The Balaban J connectivity index is 0.000000529. The van der Waals surface area contributed by atoms with Crippen molar-refractivity contribution in [3.8, 4) is 0 Å². The lowest BCUT2D eigenvalue weighted by molar-refractivity contribution is -0.534. The first-order valence-corrected chi connectivity index (χ1v) is 24.7. The maximum Gasteiger partial charge on any atom is 0.335 e. The van der Waals surface area contributed by atoms with E-state index < -0.39 is 60.0 Å². The molecule has 20 heteroatoms. The molecule has 2 aliphatic rings. The minimum atomic E-state index is -0.879. The van der Waals surface area contributed by atoms with Gasteiger partial charge in [0.05, 0.1) is 61.1 Å². The number of hydrogen-bond acceptors (Lipinski definition) is 16. The topological polar surface area (TPSA) is 248 Å². The third kappa shape index (κ3) is 20.2. The zero-order valence-corrected chi connectivity index (χ0v) is 43.2. The fourth-order valence-corrected chi connectivity index (χ4v) is 8.87. The average molecular weight is 983 g/mol. The minimum Gasteiger partial charge on any atom is -0.463 e. The lowest BCUT2D eigenvalue weighted by Gasteiger charge is -2.36. The van der Waals surface area contributed by atoms with Crippen molar-refractivity contribution in [2.45, 2.75) is 194 Å². The number of nitro groups is 3. The summed E-state index contributed by atoms with van der Waals surface area (Å²) >= 11 is 1.46. The van der Waals surface area contributed by atoms with Crippen LogP contribution in [0.25, 0.3) is 0 Å². The molecule has 19 nitrogen and oxygen atoms in total. The van der Waals surface area contributed by atoms with Gasteiger partial charge in [-0.25, -0.2) is 9.59 Å². The van der Waals surface area contributed by atoms with Crippen molar-refractivity contribution in [3.05, 3.63) is 82.3 Å². The molecule has 0 heterocycles. The molecule has 0 radical (unpaired) electrons. The predicted octanol–water partition coefficient (Wildman–Crippen LogP) is 8.84. The fraction of sp³-hybridized carbons (Fsp3) is 0.729. The second kappa shape index (κ2) is 32.3. The average Bonchev–Trinajstić information content (AvgIpc) is 3.29. The Hall–Kier alpha value is -4.50. The fourth-order valence-electron chi connectivity index (χ4n) is 7.67. The molecule has 0 bridgehead atoms. The molecule has 0 fully saturated rings. The lowest BCUT2D eigenvalue weighted by Crippen LogP contribution is -2.49. The number of carbonyl (C=O) groups is 3. The summed E-state index contributed by atoms with van der Waals surface area (Å²) in [4.78, 5) is 69.8. The van der Waals surface area contributed by atoms with E-state index in [9.17, 15) is 44.7 Å². The van der Waals surface area contributed by atoms with Gasteiger partial charge in [-0.2, -0.15) is 0 Å². The maximum absolute atomic E-state index is 12.7. The van der Waals surface area contributed by atoms with Crippen LogP contribution in [-0.4, -0.2) is 114 Å². The van der Waals surface area contributed by atoms with Gasteiger partial charge in [0.25, 0.3) is 0 Å². The summed E-state index contributed by atoms with van der Waals surface area (Å²) in [5, 5.41) is 36.0. The first-order valence-electron chi connectivity index (χ1n) is 23.9. The second-order valence-electron chi connectivity index (χ2n) is 16.8. The van der Waals surface area contributed by atoms with E-state index in [1.807, 2.05) is 79.7 Å². The van der Waals surface area contributed by atoms with Crippen molar-refractivity contribution < 1.29 is 57.6 Å². The molecule has 0 aliphatic heterocycles. The van der Waals surface area contributed by atoms with Crippen LogP contribution in [0.2, 0.25) is 0 Å². The third-order valence-corrected chi connectivity index (χ3v) is 13.1. The number of benzene rings is 1. The van der Waals surface area contributed by atoms with E-state index in [1.165, 1.54) is 25.8 Å². The van der Waals surface area contributed by atoms with Gasteiger partial charge in [0.15, 0.2) is 6.29 Å². The van der Waals surface area contributed by atoms with Crippen LogP contribution in [0.4, 0.5) is 0 Å². The number of nitrogens with zero attached hydrogens (tertiary/aromatic N) is 3. The van der Waals surface area contributed by atoms with Gasteiger partial charge in [-0.3, -0.25) is 35.1 Å². The molecule has 2 unspecified atom stereocenters. The second-order valence-corrected chi connectivity index (χ2v) is 17.9. The molecule has 1 N–H and O–H groups in total. The molecule has 68 heavy (non-hydrogen) atoms. The highest BCUT2D eigenvalue weighted by Gasteiger charge is 2.46. The zero-order chi connectivity index (χ0) is 51.7. The molecule has 1 aromatic carbocycles. The molecule has 0 spiro atoms. The molecule has 0 aromatic heterocycles. The van der Waals surface area contributed by atoms with E-state index in [-0.39, 0.29) is 72.0 Å². The van der Waals surface area contributed by atoms with Crippen LogP contribution in [0, 0.1) is 49.1 Å². The minimum absolute atomic E-state index is 0.0231. The van der Waals surface area contributed by atoms with Gasteiger partial charge in [-0.1, -0.05) is 84.8 Å². The Morgan fingerprint density at radius 1 is 0.735 bits per heavy atom. The van der Waals surface area contributed by atoms with E-state index in [0.29, 0.717) is 11.1 Å². The van der Waals surface area contributed by atoms with Gasteiger partial charge < -0.3 is 33.7 Å². The van der Waals surface area contributed by atoms with E-state index >= 15 is 0 Å². The summed E-state index contributed by atoms with van der Waals surface area (Å²) in [6.45, 7) is 22.5. The van der Waals surface area contributed by atoms with Crippen molar-refractivity contribution in [2.75, 3.05) is 26.9 Å². The Kier molecular flexibility index (Phi) is 29.3. The zero-order valence-electron chi connectivity index (χ0n) is 42.4. The van der Waals surface area contributed by atoms with Crippen LogP contribution >= 0.6 is 11.8 Å². The Morgan fingerprint density at radius 2 is 1.24 bits per heavy atom. The molecule has 3 rings (SSSR count). The van der Waals surface area contributed by atoms with Crippen molar-refractivity contribution in [1.82, 2.24) is 5.32 Å². The van der Waals surface area contributed by atoms with Crippen molar-refractivity contribution in [3.63, 3.8) is 0 Å². The standard InChI is InChI=1S/C22H31NO5S.C15H25NO5.C11H22N2O5/c1-6-16(7-2)28-20-15(5)19(23(25)26)13-18(22(24)27-8-3)21(20)29-17-11-9-14(4)10-12-17;1-5-12(6-2)21-14-9-11(15(17)20-7-3)8-13(10(14)4)16(18)19;1-5-9(6-2)18-11(17-4)10(7-13(15)16)12-8(3)14/h9-12,15-16,19-20H,6-8,13H2,1-5H3;9-10,12-14H,5-8H2,1-4H3;9-11H,5-7H2,1-4H3,(H,12,14)/t15-,19?,20+;10-,13?,14-;10-,11+/m111/s1. The molecule has 1 amide bonds. The highest BCUT2D eigenvalue weighted by molar-refractivity contribution is 8.03. The molecular formula is C48H78N4O15S. The summed E-state index contributed by atoms with van der Waals surface area (Å²) in [6.07, 6.45) is 4.95. The highest BCUT2D eigenvalue weighted by Crippen LogP contribution is 2.44. The molecule has 386 valence electrons. The number of ether oxygens (including phenoxy) is 6. The van der Waals surface area contributed by atoms with E-state index in [2.05, 4.69) is 5.32 Å². The van der Waals surface area contributed by atoms with Crippen molar-refractivity contribution >= 4 is 29.6 Å². The smallest absolute Gasteiger partial charge is 0.335 e. The molecule has 2 aliphatic carbocycles. The van der Waals surface area contributed by atoms with Crippen LogP contribution in [0.15, 0.2) is 51.3 Å². The van der Waals surface area contributed by atoms with E-state index in [0.717, 1.165) is 53.9 Å². The maximum atomic E-state index is 12.7. The first kappa shape index (κ1) is 61.5. The van der Waals surface area contributed by atoms with E-state index in [4.69, 9.17) is 28.4 Å². The molecule has 8 atom stereocenters. The summed E-state index contributed by atoms with van der Waals surface area (Å²) in [7, 11) is 1.40. The summed E-state index contributed by atoms with van der Waals surface area (Å²) in [5.74, 6) is -1.93. The van der Waals surface area contributed by atoms with Gasteiger partial charge >= 0.3 is 11.9 Å². The number of thioether (sulfide) groups is 1. The van der Waals surface area contributed by atoms with E-state index in [1.54, 1.807) is 26.8 Å². The van der Waals surface area contributed by atoms with Gasteiger partial charge in [0.2, 0.25) is 24.5 Å². The number of methoxy groups -OCH3 is 1.